The molecule has 26 heavy (non-hydrogen) atoms. The van der Waals surface area contributed by atoms with Crippen LogP contribution in [0.25, 0.3) is 0 Å². The number of hydrogen-bond donors (Lipinski definition) is 0. The van der Waals surface area contributed by atoms with Crippen LogP contribution in [0.15, 0.2) is 28.8 Å². The van der Waals surface area contributed by atoms with Gasteiger partial charge in [-0.05, 0) is 56.8 Å². The van der Waals surface area contributed by atoms with Crippen LogP contribution in [0, 0.1) is 0 Å². The molecule has 5 heteroatoms. The summed E-state index contributed by atoms with van der Waals surface area (Å²) >= 11 is 0. The second kappa shape index (κ2) is 8.12. The van der Waals surface area contributed by atoms with Gasteiger partial charge in [-0.1, -0.05) is 25.1 Å². The summed E-state index contributed by atoms with van der Waals surface area (Å²) in [4.78, 5) is 2.46. The van der Waals surface area contributed by atoms with Crippen LogP contribution < -0.4 is 9.47 Å². The Labute approximate surface area is 156 Å². The van der Waals surface area contributed by atoms with Gasteiger partial charge in [0.15, 0.2) is 17.3 Å². The van der Waals surface area contributed by atoms with Crippen molar-refractivity contribution < 1.29 is 14.0 Å². The molecule has 0 saturated carbocycles. The predicted molar refractivity (Wildman–Crippen MR) is 102 cm³/mol. The van der Waals surface area contributed by atoms with Crippen LogP contribution >= 0.6 is 0 Å². The third kappa shape index (κ3) is 4.21. The van der Waals surface area contributed by atoms with Crippen molar-refractivity contribution in [1.82, 2.24) is 10.1 Å². The molecule has 142 valence electrons. The Balaban J connectivity index is 1.74. The van der Waals surface area contributed by atoms with Gasteiger partial charge in [0.25, 0.3) is 0 Å². The van der Waals surface area contributed by atoms with Crippen molar-refractivity contribution in [2.24, 2.45) is 0 Å². The van der Waals surface area contributed by atoms with Crippen molar-refractivity contribution in [2.75, 3.05) is 13.7 Å². The minimum Gasteiger partial charge on any atom is -0.493 e. The molecule has 0 spiro atoms. The summed E-state index contributed by atoms with van der Waals surface area (Å²) in [6.07, 6.45) is 2.41. The third-order valence-electron chi connectivity index (χ3n) is 4.81. The van der Waals surface area contributed by atoms with Crippen molar-refractivity contribution >= 4 is 0 Å². The van der Waals surface area contributed by atoms with Gasteiger partial charge in [-0.3, -0.25) is 4.90 Å². The number of nitrogens with zero attached hydrogens (tertiary/aromatic N) is 2. The second-order valence-corrected chi connectivity index (χ2v) is 7.59. The van der Waals surface area contributed by atoms with Gasteiger partial charge in [0.05, 0.1) is 24.9 Å². The van der Waals surface area contributed by atoms with Crippen molar-refractivity contribution in [3.05, 3.63) is 41.3 Å². The summed E-state index contributed by atoms with van der Waals surface area (Å²) in [6.45, 7) is 10.2. The Morgan fingerprint density at radius 2 is 2.00 bits per heavy atom. The number of methoxy groups -OCH3 is 1. The van der Waals surface area contributed by atoms with Crippen LogP contribution in [0.3, 0.4) is 0 Å². The zero-order valence-corrected chi connectivity index (χ0v) is 16.5. The highest BCUT2D eigenvalue weighted by Crippen LogP contribution is 2.36. The van der Waals surface area contributed by atoms with Crippen molar-refractivity contribution in [2.45, 2.75) is 65.1 Å². The van der Waals surface area contributed by atoms with Gasteiger partial charge < -0.3 is 14.0 Å². The molecule has 1 fully saturated rings. The average Bonchev–Trinajstić information content (AvgIpc) is 3.24. The molecule has 1 aliphatic rings. The maximum atomic E-state index is 5.81. The van der Waals surface area contributed by atoms with Crippen molar-refractivity contribution in [3.8, 4) is 11.5 Å². The summed E-state index contributed by atoms with van der Waals surface area (Å²) in [6, 6.07) is 8.62. The molecular formula is C21H30N2O3. The van der Waals surface area contributed by atoms with Gasteiger partial charge in [0, 0.05) is 12.6 Å². The second-order valence-electron chi connectivity index (χ2n) is 7.59. The Morgan fingerprint density at radius 1 is 1.19 bits per heavy atom. The van der Waals surface area contributed by atoms with Gasteiger partial charge in [0.2, 0.25) is 0 Å². The third-order valence-corrected chi connectivity index (χ3v) is 4.81. The first-order chi connectivity index (χ1) is 12.5. The average molecular weight is 358 g/mol. The van der Waals surface area contributed by atoms with Gasteiger partial charge in [-0.2, -0.15) is 0 Å². The number of aromatic nitrogens is 1. The van der Waals surface area contributed by atoms with Gasteiger partial charge in [-0.25, -0.2) is 0 Å². The fourth-order valence-electron chi connectivity index (χ4n) is 3.47. The fraction of sp³-hybridized carbons (Fsp3) is 0.571. The lowest BCUT2D eigenvalue weighted by Crippen LogP contribution is -2.22. The Kier molecular flexibility index (Phi) is 5.87. The number of ether oxygens (including phenoxy) is 2. The number of rotatable bonds is 7. The van der Waals surface area contributed by atoms with E-state index in [-0.39, 0.29) is 6.10 Å². The smallest absolute Gasteiger partial charge is 0.161 e. The highest BCUT2D eigenvalue weighted by Gasteiger charge is 2.29. The van der Waals surface area contributed by atoms with Gasteiger partial charge in [-0.15, -0.1) is 0 Å². The van der Waals surface area contributed by atoms with Crippen LogP contribution in [0.1, 0.15) is 69.5 Å². The summed E-state index contributed by atoms with van der Waals surface area (Å²) in [5.74, 6) is 2.95. The molecule has 3 rings (SSSR count). The minimum absolute atomic E-state index is 0.124. The van der Waals surface area contributed by atoms with E-state index in [1.807, 2.05) is 19.9 Å². The summed E-state index contributed by atoms with van der Waals surface area (Å²) < 4.78 is 17.0. The summed E-state index contributed by atoms with van der Waals surface area (Å²) in [5, 5.41) is 4.23. The number of likely N-dealkylation sites (tertiary alicyclic amines) is 1. The summed E-state index contributed by atoms with van der Waals surface area (Å²) in [5.41, 5.74) is 2.25. The van der Waals surface area contributed by atoms with E-state index in [9.17, 15) is 0 Å². The monoisotopic (exact) mass is 358 g/mol. The van der Waals surface area contributed by atoms with E-state index in [2.05, 4.69) is 42.1 Å². The van der Waals surface area contributed by atoms with Crippen molar-refractivity contribution in [3.63, 3.8) is 0 Å². The molecule has 2 aromatic rings. The zero-order chi connectivity index (χ0) is 18.7. The highest BCUT2D eigenvalue weighted by molar-refractivity contribution is 5.43. The molecule has 1 aromatic carbocycles. The van der Waals surface area contributed by atoms with Crippen molar-refractivity contribution in [1.29, 1.82) is 0 Å². The van der Waals surface area contributed by atoms with E-state index in [4.69, 9.17) is 14.0 Å². The lowest BCUT2D eigenvalue weighted by molar-refractivity contribution is 0.205. The largest absolute Gasteiger partial charge is 0.493 e. The Morgan fingerprint density at radius 3 is 2.65 bits per heavy atom. The minimum atomic E-state index is 0.124. The number of benzene rings is 1. The van der Waals surface area contributed by atoms with E-state index >= 15 is 0 Å². The molecule has 0 N–H and O–H groups in total. The van der Waals surface area contributed by atoms with Gasteiger partial charge in [0.1, 0.15) is 0 Å². The van der Waals surface area contributed by atoms with Crippen LogP contribution in [-0.2, 0) is 6.54 Å². The molecule has 0 amide bonds. The van der Waals surface area contributed by atoms with Crippen LogP contribution in [0.2, 0.25) is 0 Å². The van der Waals surface area contributed by atoms with E-state index in [0.717, 1.165) is 42.5 Å². The predicted octanol–water partition coefficient (Wildman–Crippen LogP) is 4.93. The van der Waals surface area contributed by atoms with E-state index in [1.165, 1.54) is 12.0 Å². The molecule has 1 saturated heterocycles. The maximum Gasteiger partial charge on any atom is 0.161 e. The lowest BCUT2D eigenvalue weighted by atomic mass is 10.1. The molecule has 0 aliphatic carbocycles. The first-order valence-electron chi connectivity index (χ1n) is 9.52. The molecule has 0 radical (unpaired) electrons. The van der Waals surface area contributed by atoms with Crippen LogP contribution in [-0.4, -0.2) is 29.8 Å². The molecule has 1 atom stereocenters. The zero-order valence-electron chi connectivity index (χ0n) is 16.5. The quantitative estimate of drug-likeness (QED) is 0.702. The molecule has 5 nitrogen and oxygen atoms in total. The number of hydrogen-bond acceptors (Lipinski definition) is 5. The summed E-state index contributed by atoms with van der Waals surface area (Å²) in [7, 11) is 1.69. The maximum absolute atomic E-state index is 5.81. The highest BCUT2D eigenvalue weighted by atomic mass is 16.5. The molecule has 1 aliphatic heterocycles. The fourth-order valence-corrected chi connectivity index (χ4v) is 3.47. The first-order valence-corrected chi connectivity index (χ1v) is 9.52. The standard InChI is InChI=1S/C21H30N2O3/c1-14(2)17-12-20(26-22-17)18-7-6-10-23(18)13-16-8-9-19(25-15(3)4)21(11-16)24-5/h8-9,11-12,14-15,18H,6-7,10,13H2,1-5H3/t18-/m0/s1. The topological polar surface area (TPSA) is 47.7 Å². The SMILES string of the molecule is COc1cc(CN2CCC[C@H]2c2cc(C(C)C)no2)ccc1OC(C)C. The normalized spacial score (nSPS) is 18.0. The Hall–Kier alpha value is -2.01. The lowest BCUT2D eigenvalue weighted by Gasteiger charge is -2.23. The van der Waals surface area contributed by atoms with E-state index < -0.39 is 0 Å². The van der Waals surface area contributed by atoms with Crippen LogP contribution in [0.4, 0.5) is 0 Å². The molecule has 2 heterocycles. The molecule has 0 unspecified atom stereocenters. The van der Waals surface area contributed by atoms with Gasteiger partial charge >= 0.3 is 0 Å². The first kappa shape index (κ1) is 18.8. The van der Waals surface area contributed by atoms with E-state index in [0.29, 0.717) is 12.0 Å². The molecule has 0 bridgehead atoms. The van der Waals surface area contributed by atoms with E-state index in [1.54, 1.807) is 7.11 Å². The van der Waals surface area contributed by atoms with Crippen LogP contribution in [0.5, 0.6) is 11.5 Å². The molecule has 1 aromatic heterocycles. The molecular weight excluding hydrogens is 328 g/mol. The Bertz CT molecular complexity index is 724.